The zero-order valence-electron chi connectivity index (χ0n) is 10.1. The van der Waals surface area contributed by atoms with Crippen LogP contribution >= 0.6 is 0 Å². The summed E-state index contributed by atoms with van der Waals surface area (Å²) in [5.41, 5.74) is 0. The minimum absolute atomic E-state index is 0.0618. The van der Waals surface area contributed by atoms with Crippen LogP contribution < -0.4 is 5.32 Å². The lowest BCUT2D eigenvalue weighted by Gasteiger charge is -2.11. The van der Waals surface area contributed by atoms with Crippen molar-refractivity contribution in [2.45, 2.75) is 37.4 Å². The van der Waals surface area contributed by atoms with E-state index >= 15 is 0 Å². The Balaban J connectivity index is 2.11. The van der Waals surface area contributed by atoms with E-state index in [1.54, 1.807) is 7.11 Å². The first-order valence-corrected chi connectivity index (χ1v) is 7.79. The van der Waals surface area contributed by atoms with Crippen molar-refractivity contribution in [3.63, 3.8) is 0 Å². The molecule has 0 saturated heterocycles. The van der Waals surface area contributed by atoms with Crippen LogP contribution in [0.3, 0.4) is 0 Å². The van der Waals surface area contributed by atoms with E-state index in [1.165, 1.54) is 0 Å². The van der Waals surface area contributed by atoms with Crippen LogP contribution in [0.4, 0.5) is 0 Å². The monoisotopic (exact) mass is 249 g/mol. The second-order valence-electron chi connectivity index (χ2n) is 4.37. The van der Waals surface area contributed by atoms with Gasteiger partial charge in [0.25, 0.3) is 0 Å². The molecule has 5 heteroatoms. The van der Waals surface area contributed by atoms with Gasteiger partial charge in [-0.25, -0.2) is 8.42 Å². The summed E-state index contributed by atoms with van der Waals surface area (Å²) in [6.07, 6.45) is 4.81. The number of hydrogen-bond acceptors (Lipinski definition) is 4. The van der Waals surface area contributed by atoms with Crippen molar-refractivity contribution >= 4 is 9.84 Å². The van der Waals surface area contributed by atoms with Gasteiger partial charge in [-0.05, 0) is 25.8 Å². The normalized spacial score (nSPS) is 18.1. The SMILES string of the molecule is COCCCNCCS(=O)(=O)C1CCCC1. The maximum Gasteiger partial charge on any atom is 0.154 e. The molecule has 1 rings (SSSR count). The Labute approximate surface area is 98.7 Å². The first-order chi connectivity index (χ1) is 7.67. The Kier molecular flexibility index (Phi) is 6.31. The lowest BCUT2D eigenvalue weighted by Crippen LogP contribution is -2.29. The summed E-state index contributed by atoms with van der Waals surface area (Å²) in [4.78, 5) is 0. The van der Waals surface area contributed by atoms with Crippen LogP contribution in [-0.2, 0) is 14.6 Å². The maximum absolute atomic E-state index is 11.9. The van der Waals surface area contributed by atoms with Gasteiger partial charge in [-0.15, -0.1) is 0 Å². The van der Waals surface area contributed by atoms with Crippen molar-refractivity contribution in [1.29, 1.82) is 0 Å². The Bertz CT molecular complexity index is 271. The molecule has 0 radical (unpaired) electrons. The lowest BCUT2D eigenvalue weighted by molar-refractivity contribution is 0.194. The van der Waals surface area contributed by atoms with Gasteiger partial charge in [-0.2, -0.15) is 0 Å². The number of sulfone groups is 1. The van der Waals surface area contributed by atoms with Crippen LogP contribution in [0.2, 0.25) is 0 Å². The van der Waals surface area contributed by atoms with E-state index in [0.717, 1.165) is 45.3 Å². The third kappa shape index (κ3) is 4.80. The molecular formula is C11H23NO3S. The highest BCUT2D eigenvalue weighted by atomic mass is 32.2. The molecule has 4 nitrogen and oxygen atoms in total. The zero-order valence-corrected chi connectivity index (χ0v) is 10.9. The highest BCUT2D eigenvalue weighted by Crippen LogP contribution is 2.24. The van der Waals surface area contributed by atoms with Gasteiger partial charge in [0, 0.05) is 20.3 Å². The summed E-state index contributed by atoms with van der Waals surface area (Å²) in [6, 6.07) is 0. The molecule has 0 heterocycles. The molecule has 1 aliphatic rings. The van der Waals surface area contributed by atoms with Crippen molar-refractivity contribution in [2.75, 3.05) is 32.6 Å². The molecule has 1 fully saturated rings. The summed E-state index contributed by atoms with van der Waals surface area (Å²) >= 11 is 0. The van der Waals surface area contributed by atoms with Gasteiger partial charge in [-0.1, -0.05) is 12.8 Å². The predicted octanol–water partition coefficient (Wildman–Crippen LogP) is 0.970. The zero-order chi connectivity index (χ0) is 11.9. The Morgan fingerprint density at radius 2 is 1.94 bits per heavy atom. The molecule has 1 saturated carbocycles. The topological polar surface area (TPSA) is 55.4 Å². The maximum atomic E-state index is 11.9. The summed E-state index contributed by atoms with van der Waals surface area (Å²) < 4.78 is 28.6. The minimum Gasteiger partial charge on any atom is -0.385 e. The molecule has 0 aromatic carbocycles. The largest absolute Gasteiger partial charge is 0.385 e. The van der Waals surface area contributed by atoms with Crippen LogP contribution in [0.15, 0.2) is 0 Å². The highest BCUT2D eigenvalue weighted by Gasteiger charge is 2.27. The van der Waals surface area contributed by atoms with Gasteiger partial charge in [0.1, 0.15) is 0 Å². The first kappa shape index (κ1) is 13.9. The summed E-state index contributed by atoms with van der Waals surface area (Å²) in [5, 5.41) is 3.08. The molecule has 0 unspecified atom stereocenters. The van der Waals surface area contributed by atoms with Crippen molar-refractivity contribution in [1.82, 2.24) is 5.32 Å². The van der Waals surface area contributed by atoms with Crippen molar-refractivity contribution in [2.24, 2.45) is 0 Å². The molecule has 0 aliphatic heterocycles. The van der Waals surface area contributed by atoms with Crippen LogP contribution in [0.5, 0.6) is 0 Å². The van der Waals surface area contributed by atoms with Crippen LogP contribution in [-0.4, -0.2) is 46.2 Å². The van der Waals surface area contributed by atoms with Gasteiger partial charge in [0.05, 0.1) is 11.0 Å². The Hall–Kier alpha value is -0.130. The molecule has 0 spiro atoms. The van der Waals surface area contributed by atoms with E-state index in [9.17, 15) is 8.42 Å². The number of hydrogen-bond donors (Lipinski definition) is 1. The summed E-state index contributed by atoms with van der Waals surface area (Å²) in [7, 11) is -1.18. The van der Waals surface area contributed by atoms with Crippen molar-refractivity contribution in [3.8, 4) is 0 Å². The van der Waals surface area contributed by atoms with E-state index < -0.39 is 9.84 Å². The van der Waals surface area contributed by atoms with Gasteiger partial charge in [0.2, 0.25) is 0 Å². The fourth-order valence-electron chi connectivity index (χ4n) is 2.10. The average Bonchev–Trinajstić information content (AvgIpc) is 2.77. The molecular weight excluding hydrogens is 226 g/mol. The molecule has 0 amide bonds. The van der Waals surface area contributed by atoms with Gasteiger partial charge >= 0.3 is 0 Å². The van der Waals surface area contributed by atoms with E-state index in [-0.39, 0.29) is 11.0 Å². The third-order valence-corrected chi connectivity index (χ3v) is 5.34. The molecule has 1 N–H and O–H groups in total. The Morgan fingerprint density at radius 3 is 2.56 bits per heavy atom. The Morgan fingerprint density at radius 1 is 1.25 bits per heavy atom. The standard InChI is InChI=1S/C11H23NO3S/c1-15-9-4-7-12-8-10-16(13,14)11-5-2-3-6-11/h11-12H,2-10H2,1H3. The molecule has 1 aliphatic carbocycles. The molecule has 96 valence electrons. The first-order valence-electron chi connectivity index (χ1n) is 6.08. The predicted molar refractivity (Wildman–Crippen MR) is 65.4 cm³/mol. The fraction of sp³-hybridized carbons (Fsp3) is 1.00. The minimum atomic E-state index is -2.85. The number of nitrogens with one attached hydrogen (secondary N) is 1. The van der Waals surface area contributed by atoms with E-state index in [4.69, 9.17) is 4.74 Å². The number of methoxy groups -OCH3 is 1. The fourth-order valence-corrected chi connectivity index (χ4v) is 3.91. The van der Waals surface area contributed by atoms with E-state index in [2.05, 4.69) is 5.32 Å². The van der Waals surface area contributed by atoms with E-state index in [1.807, 2.05) is 0 Å². The molecule has 0 aromatic rings. The van der Waals surface area contributed by atoms with Gasteiger partial charge in [0.15, 0.2) is 9.84 Å². The van der Waals surface area contributed by atoms with E-state index in [0.29, 0.717) is 6.54 Å². The number of rotatable bonds is 8. The van der Waals surface area contributed by atoms with Crippen molar-refractivity contribution in [3.05, 3.63) is 0 Å². The van der Waals surface area contributed by atoms with Gasteiger partial charge < -0.3 is 10.1 Å². The smallest absolute Gasteiger partial charge is 0.154 e. The van der Waals surface area contributed by atoms with Crippen LogP contribution in [0, 0.1) is 0 Å². The average molecular weight is 249 g/mol. The van der Waals surface area contributed by atoms with Gasteiger partial charge in [-0.3, -0.25) is 0 Å². The number of ether oxygens (including phenoxy) is 1. The summed E-state index contributed by atoms with van der Waals surface area (Å²) in [6.45, 7) is 2.12. The summed E-state index contributed by atoms with van der Waals surface area (Å²) in [5.74, 6) is 0.282. The molecule has 0 atom stereocenters. The quantitative estimate of drug-likeness (QED) is 0.651. The second kappa shape index (κ2) is 7.25. The molecule has 16 heavy (non-hydrogen) atoms. The lowest BCUT2D eigenvalue weighted by atomic mass is 10.4. The second-order valence-corrected chi connectivity index (χ2v) is 6.77. The molecule has 0 aromatic heterocycles. The van der Waals surface area contributed by atoms with Crippen LogP contribution in [0.1, 0.15) is 32.1 Å². The van der Waals surface area contributed by atoms with Crippen molar-refractivity contribution < 1.29 is 13.2 Å². The van der Waals surface area contributed by atoms with Crippen LogP contribution in [0.25, 0.3) is 0 Å². The highest BCUT2D eigenvalue weighted by molar-refractivity contribution is 7.92. The molecule has 0 bridgehead atoms. The third-order valence-electron chi connectivity index (χ3n) is 3.08.